The van der Waals surface area contributed by atoms with Crippen LogP contribution in [0.2, 0.25) is 0 Å². The molecule has 0 bridgehead atoms. The summed E-state index contributed by atoms with van der Waals surface area (Å²) in [5.74, 6) is -2.36. The summed E-state index contributed by atoms with van der Waals surface area (Å²) in [7, 11) is 0. The SMILES string of the molecule is Cc1ccc(F)c(C(=O)C2(N)CCOCC2)c1F. The first-order chi connectivity index (χ1) is 8.46. The molecule has 0 unspecified atom stereocenters. The second-order valence-electron chi connectivity index (χ2n) is 4.65. The molecule has 98 valence electrons. The highest BCUT2D eigenvalue weighted by atomic mass is 19.1. The van der Waals surface area contributed by atoms with E-state index in [1.165, 1.54) is 13.0 Å². The molecule has 0 spiro atoms. The van der Waals surface area contributed by atoms with E-state index in [0.717, 1.165) is 6.07 Å². The van der Waals surface area contributed by atoms with E-state index < -0.39 is 28.5 Å². The Bertz CT molecular complexity index is 482. The van der Waals surface area contributed by atoms with Crippen molar-refractivity contribution in [3.63, 3.8) is 0 Å². The molecule has 0 radical (unpaired) electrons. The van der Waals surface area contributed by atoms with Crippen LogP contribution in [0.1, 0.15) is 28.8 Å². The number of benzene rings is 1. The fourth-order valence-electron chi connectivity index (χ4n) is 2.08. The van der Waals surface area contributed by atoms with Gasteiger partial charge in [-0.05, 0) is 31.4 Å². The van der Waals surface area contributed by atoms with Gasteiger partial charge >= 0.3 is 0 Å². The number of carbonyl (C=O) groups excluding carboxylic acids is 1. The molecule has 18 heavy (non-hydrogen) atoms. The van der Waals surface area contributed by atoms with Crippen LogP contribution in [-0.2, 0) is 4.74 Å². The lowest BCUT2D eigenvalue weighted by molar-refractivity contribution is 0.0442. The third-order valence-electron chi connectivity index (χ3n) is 3.35. The van der Waals surface area contributed by atoms with Gasteiger partial charge in [0, 0.05) is 13.2 Å². The molecule has 2 N–H and O–H groups in total. The average molecular weight is 255 g/mol. The Kier molecular flexibility index (Phi) is 3.45. The minimum absolute atomic E-state index is 0.232. The van der Waals surface area contributed by atoms with E-state index >= 15 is 0 Å². The molecule has 3 nitrogen and oxygen atoms in total. The van der Waals surface area contributed by atoms with Crippen molar-refractivity contribution < 1.29 is 18.3 Å². The molecule has 1 aromatic rings. The highest BCUT2D eigenvalue weighted by Crippen LogP contribution is 2.26. The Balaban J connectivity index is 2.42. The summed E-state index contributed by atoms with van der Waals surface area (Å²) in [5.41, 5.74) is 4.43. The zero-order valence-corrected chi connectivity index (χ0v) is 10.1. The van der Waals surface area contributed by atoms with Crippen molar-refractivity contribution in [2.24, 2.45) is 5.73 Å². The Labute approximate surface area is 104 Å². The molecule has 1 saturated heterocycles. The number of halogens is 2. The predicted molar refractivity (Wildman–Crippen MR) is 62.4 cm³/mol. The van der Waals surface area contributed by atoms with Crippen molar-refractivity contribution >= 4 is 5.78 Å². The zero-order chi connectivity index (χ0) is 13.3. The van der Waals surface area contributed by atoms with Gasteiger partial charge in [0.1, 0.15) is 11.6 Å². The van der Waals surface area contributed by atoms with Gasteiger partial charge in [-0.2, -0.15) is 0 Å². The largest absolute Gasteiger partial charge is 0.381 e. The van der Waals surface area contributed by atoms with Crippen molar-refractivity contribution in [3.05, 3.63) is 34.9 Å². The maximum atomic E-state index is 13.9. The molecule has 0 aromatic heterocycles. The van der Waals surface area contributed by atoms with Crippen molar-refractivity contribution in [1.29, 1.82) is 0 Å². The molecule has 1 aliphatic heterocycles. The van der Waals surface area contributed by atoms with Crippen LogP contribution >= 0.6 is 0 Å². The van der Waals surface area contributed by atoms with Crippen LogP contribution in [0.25, 0.3) is 0 Å². The smallest absolute Gasteiger partial charge is 0.188 e. The number of rotatable bonds is 2. The van der Waals surface area contributed by atoms with Crippen LogP contribution in [0.3, 0.4) is 0 Å². The van der Waals surface area contributed by atoms with E-state index in [4.69, 9.17) is 10.5 Å². The third-order valence-corrected chi connectivity index (χ3v) is 3.35. The summed E-state index contributed by atoms with van der Waals surface area (Å²) in [6, 6.07) is 2.39. The van der Waals surface area contributed by atoms with Crippen LogP contribution in [0.4, 0.5) is 8.78 Å². The highest BCUT2D eigenvalue weighted by Gasteiger charge is 2.39. The number of hydrogen-bond donors (Lipinski definition) is 1. The van der Waals surface area contributed by atoms with Crippen LogP contribution in [0.5, 0.6) is 0 Å². The van der Waals surface area contributed by atoms with Crippen LogP contribution in [-0.4, -0.2) is 24.5 Å². The van der Waals surface area contributed by atoms with Gasteiger partial charge in [0.15, 0.2) is 5.78 Å². The molecule has 0 amide bonds. The maximum Gasteiger partial charge on any atom is 0.188 e. The summed E-state index contributed by atoms with van der Waals surface area (Å²) in [6.45, 7) is 2.15. The molecule has 1 aromatic carbocycles. The van der Waals surface area contributed by atoms with Gasteiger partial charge in [0.25, 0.3) is 0 Å². The first-order valence-electron chi connectivity index (χ1n) is 5.82. The molecule has 1 heterocycles. The Morgan fingerprint density at radius 2 is 1.94 bits per heavy atom. The van der Waals surface area contributed by atoms with Crippen LogP contribution in [0.15, 0.2) is 12.1 Å². The highest BCUT2D eigenvalue weighted by molar-refractivity contribution is 6.03. The summed E-state index contributed by atoms with van der Waals surface area (Å²) < 4.78 is 32.7. The summed E-state index contributed by atoms with van der Waals surface area (Å²) in [4.78, 5) is 12.3. The number of aryl methyl sites for hydroxylation is 1. The molecular weight excluding hydrogens is 240 g/mol. The number of nitrogens with two attached hydrogens (primary N) is 1. The lowest BCUT2D eigenvalue weighted by Gasteiger charge is -2.32. The molecule has 0 atom stereocenters. The molecule has 0 saturated carbocycles. The normalized spacial score (nSPS) is 18.7. The van der Waals surface area contributed by atoms with E-state index in [9.17, 15) is 13.6 Å². The topological polar surface area (TPSA) is 52.3 Å². The minimum atomic E-state index is -1.23. The Morgan fingerprint density at radius 3 is 2.56 bits per heavy atom. The first kappa shape index (κ1) is 13.1. The van der Waals surface area contributed by atoms with Crippen molar-refractivity contribution in [3.8, 4) is 0 Å². The number of carbonyl (C=O) groups is 1. The number of hydrogen-bond acceptors (Lipinski definition) is 3. The van der Waals surface area contributed by atoms with Gasteiger partial charge in [-0.3, -0.25) is 4.79 Å². The van der Waals surface area contributed by atoms with Gasteiger partial charge in [-0.25, -0.2) is 8.78 Å². The quantitative estimate of drug-likeness (QED) is 0.822. The molecule has 1 fully saturated rings. The van der Waals surface area contributed by atoms with Gasteiger partial charge in [-0.1, -0.05) is 6.07 Å². The number of ketones is 1. The standard InChI is InChI=1S/C13H15F2NO2/c1-8-2-3-9(14)10(11(8)15)12(17)13(16)4-6-18-7-5-13/h2-3H,4-7,16H2,1H3. The molecule has 5 heteroatoms. The van der Waals surface area contributed by atoms with Gasteiger partial charge in [-0.15, -0.1) is 0 Å². The fraction of sp³-hybridized carbons (Fsp3) is 0.462. The van der Waals surface area contributed by atoms with E-state index in [1.54, 1.807) is 0 Å². The van der Waals surface area contributed by atoms with Gasteiger partial charge < -0.3 is 10.5 Å². The Hall–Kier alpha value is -1.33. The third kappa shape index (κ3) is 2.15. The lowest BCUT2D eigenvalue weighted by Crippen LogP contribution is -2.52. The second-order valence-corrected chi connectivity index (χ2v) is 4.65. The average Bonchev–Trinajstić information content (AvgIpc) is 2.35. The van der Waals surface area contributed by atoms with Crippen molar-refractivity contribution in [2.45, 2.75) is 25.3 Å². The molecule has 2 rings (SSSR count). The lowest BCUT2D eigenvalue weighted by atomic mass is 9.83. The molecule has 0 aliphatic carbocycles. The van der Waals surface area contributed by atoms with E-state index in [2.05, 4.69) is 0 Å². The van der Waals surface area contributed by atoms with Gasteiger partial charge in [0.2, 0.25) is 0 Å². The molecule has 1 aliphatic rings. The predicted octanol–water partition coefficient (Wildman–Crippen LogP) is 1.96. The molecular formula is C13H15F2NO2. The Morgan fingerprint density at radius 1 is 1.33 bits per heavy atom. The monoisotopic (exact) mass is 255 g/mol. The first-order valence-corrected chi connectivity index (χ1v) is 5.82. The van der Waals surface area contributed by atoms with Crippen molar-refractivity contribution in [1.82, 2.24) is 0 Å². The number of Topliss-reactive ketones (excluding diaryl/α,β-unsaturated/α-hetero) is 1. The summed E-state index contributed by atoms with van der Waals surface area (Å²) in [5, 5.41) is 0. The second kappa shape index (κ2) is 4.74. The number of ether oxygens (including phenoxy) is 1. The minimum Gasteiger partial charge on any atom is -0.381 e. The van der Waals surface area contributed by atoms with E-state index in [1.807, 2.05) is 0 Å². The van der Waals surface area contributed by atoms with Crippen LogP contribution in [0, 0.1) is 18.6 Å². The maximum absolute atomic E-state index is 13.9. The fourth-order valence-corrected chi connectivity index (χ4v) is 2.08. The zero-order valence-electron chi connectivity index (χ0n) is 10.1. The van der Waals surface area contributed by atoms with Gasteiger partial charge in [0.05, 0.1) is 11.1 Å². The summed E-state index contributed by atoms with van der Waals surface area (Å²) in [6.07, 6.45) is 0.553. The van der Waals surface area contributed by atoms with E-state index in [-0.39, 0.29) is 18.4 Å². The van der Waals surface area contributed by atoms with Crippen LogP contribution < -0.4 is 5.73 Å². The van der Waals surface area contributed by atoms with Crippen molar-refractivity contribution in [2.75, 3.05) is 13.2 Å². The van der Waals surface area contributed by atoms with E-state index in [0.29, 0.717) is 13.2 Å². The summed E-state index contributed by atoms with van der Waals surface area (Å²) >= 11 is 0.